The highest BCUT2D eigenvalue weighted by atomic mass is 16.5. The lowest BCUT2D eigenvalue weighted by atomic mass is 9.97. The van der Waals surface area contributed by atoms with Gasteiger partial charge in [0.25, 0.3) is 11.7 Å². The van der Waals surface area contributed by atoms with Gasteiger partial charge in [0.1, 0.15) is 23.3 Å². The van der Waals surface area contributed by atoms with Crippen LogP contribution in [0.4, 0.5) is 5.69 Å². The van der Waals surface area contributed by atoms with E-state index in [0.29, 0.717) is 23.6 Å². The molecule has 0 spiro atoms. The molecule has 1 N–H and O–H groups in total. The number of anilines is 1. The average Bonchev–Trinajstić information content (AvgIpc) is 3.48. The number of benzene rings is 2. The van der Waals surface area contributed by atoms with Crippen LogP contribution in [0.25, 0.3) is 5.76 Å². The summed E-state index contributed by atoms with van der Waals surface area (Å²) < 4.78 is 11.1. The van der Waals surface area contributed by atoms with Gasteiger partial charge in [-0.15, -0.1) is 0 Å². The molecule has 1 amide bonds. The van der Waals surface area contributed by atoms with Crippen LogP contribution in [0.2, 0.25) is 0 Å². The van der Waals surface area contributed by atoms with Gasteiger partial charge in [-0.1, -0.05) is 18.2 Å². The van der Waals surface area contributed by atoms with Crippen LogP contribution in [-0.2, 0) is 16.0 Å². The minimum absolute atomic E-state index is 0.0112. The molecule has 1 unspecified atom stereocenters. The van der Waals surface area contributed by atoms with E-state index in [0.717, 1.165) is 23.3 Å². The molecule has 2 aliphatic rings. The Bertz CT molecular complexity index is 1190. The molecular formula is C24H19NO5. The predicted molar refractivity (Wildman–Crippen MR) is 110 cm³/mol. The number of hydrogen-bond donors (Lipinski definition) is 1. The van der Waals surface area contributed by atoms with Crippen molar-refractivity contribution in [2.75, 3.05) is 11.5 Å². The summed E-state index contributed by atoms with van der Waals surface area (Å²) in [4.78, 5) is 27.5. The lowest BCUT2D eigenvalue weighted by molar-refractivity contribution is -0.132. The Balaban J connectivity index is 1.70. The first-order valence-electron chi connectivity index (χ1n) is 9.72. The highest BCUT2D eigenvalue weighted by Gasteiger charge is 2.48. The van der Waals surface area contributed by atoms with Crippen molar-refractivity contribution in [1.29, 1.82) is 0 Å². The van der Waals surface area contributed by atoms with E-state index in [-0.39, 0.29) is 11.3 Å². The molecule has 0 radical (unpaired) electrons. The largest absolute Gasteiger partial charge is 0.507 e. The number of carbonyl (C=O) groups is 2. The highest BCUT2D eigenvalue weighted by Crippen LogP contribution is 2.43. The number of furan rings is 1. The van der Waals surface area contributed by atoms with Gasteiger partial charge in [0, 0.05) is 17.7 Å². The van der Waals surface area contributed by atoms with E-state index >= 15 is 0 Å². The topological polar surface area (TPSA) is 80.0 Å². The second kappa shape index (κ2) is 6.91. The fourth-order valence-electron chi connectivity index (χ4n) is 4.12. The first-order valence-corrected chi connectivity index (χ1v) is 9.72. The van der Waals surface area contributed by atoms with Gasteiger partial charge in [0.15, 0.2) is 0 Å². The first kappa shape index (κ1) is 18.2. The molecule has 1 fully saturated rings. The number of hydrogen-bond acceptors (Lipinski definition) is 5. The zero-order valence-corrected chi connectivity index (χ0v) is 16.3. The maximum atomic E-state index is 13.1. The molecule has 2 aliphatic heterocycles. The summed E-state index contributed by atoms with van der Waals surface area (Å²) in [5.41, 5.74) is 2.88. The number of carbonyl (C=O) groups excluding carboxylic acids is 2. The molecule has 0 aliphatic carbocycles. The molecule has 2 aromatic carbocycles. The van der Waals surface area contributed by atoms with Gasteiger partial charge in [0.2, 0.25) is 0 Å². The molecule has 1 saturated heterocycles. The number of aliphatic hydroxyl groups excluding tert-OH is 1. The molecule has 0 saturated carbocycles. The number of ether oxygens (including phenoxy) is 1. The molecule has 150 valence electrons. The summed E-state index contributed by atoms with van der Waals surface area (Å²) in [5, 5.41) is 11.1. The lowest BCUT2D eigenvalue weighted by Crippen LogP contribution is -2.29. The third kappa shape index (κ3) is 2.72. The zero-order chi connectivity index (χ0) is 20.8. The van der Waals surface area contributed by atoms with Gasteiger partial charge in [-0.05, 0) is 54.4 Å². The number of fused-ring (bicyclic) bond motifs is 1. The van der Waals surface area contributed by atoms with E-state index < -0.39 is 17.7 Å². The molecule has 1 aromatic heterocycles. The predicted octanol–water partition coefficient (Wildman–Crippen LogP) is 4.15. The Hall–Kier alpha value is -3.80. The van der Waals surface area contributed by atoms with E-state index in [1.54, 1.807) is 42.5 Å². The quantitative estimate of drug-likeness (QED) is 0.405. The van der Waals surface area contributed by atoms with Crippen molar-refractivity contribution in [2.24, 2.45) is 0 Å². The summed E-state index contributed by atoms with van der Waals surface area (Å²) in [7, 11) is 0. The van der Waals surface area contributed by atoms with Crippen LogP contribution in [0.3, 0.4) is 0 Å². The van der Waals surface area contributed by atoms with Gasteiger partial charge in [-0.25, -0.2) is 0 Å². The Kier molecular flexibility index (Phi) is 4.20. The standard InChI is InChI=1S/C24H19NO5/c1-14-5-2-3-6-17(14)25-21(19-7-4-11-29-19)20(23(27)24(25)28)22(26)16-8-9-18-15(13-16)10-12-30-18/h2-9,11,13,21,26H,10,12H2,1H3/b22-20-. The van der Waals surface area contributed by atoms with Crippen LogP contribution in [0.15, 0.2) is 70.9 Å². The second-order valence-electron chi connectivity index (χ2n) is 7.39. The monoisotopic (exact) mass is 401 g/mol. The smallest absolute Gasteiger partial charge is 0.300 e. The molecule has 6 heteroatoms. The zero-order valence-electron chi connectivity index (χ0n) is 16.3. The summed E-state index contributed by atoms with van der Waals surface area (Å²) in [6.45, 7) is 2.46. The van der Waals surface area contributed by atoms with Crippen LogP contribution >= 0.6 is 0 Å². The molecular weight excluding hydrogens is 382 g/mol. The fourth-order valence-corrected chi connectivity index (χ4v) is 4.12. The van der Waals surface area contributed by atoms with Crippen molar-refractivity contribution in [1.82, 2.24) is 0 Å². The Morgan fingerprint density at radius 1 is 1.10 bits per heavy atom. The molecule has 0 bridgehead atoms. The lowest BCUT2D eigenvalue weighted by Gasteiger charge is -2.24. The first-order chi connectivity index (χ1) is 14.6. The van der Waals surface area contributed by atoms with Crippen molar-refractivity contribution >= 4 is 23.1 Å². The number of nitrogens with zero attached hydrogens (tertiary/aromatic N) is 1. The normalized spacial score (nSPS) is 19.8. The van der Waals surface area contributed by atoms with Crippen LogP contribution in [0.5, 0.6) is 5.75 Å². The molecule has 3 heterocycles. The molecule has 5 rings (SSSR count). The summed E-state index contributed by atoms with van der Waals surface area (Å²) in [6.07, 6.45) is 2.22. The van der Waals surface area contributed by atoms with E-state index in [4.69, 9.17) is 9.15 Å². The van der Waals surface area contributed by atoms with E-state index in [1.807, 2.05) is 19.1 Å². The van der Waals surface area contributed by atoms with Crippen molar-refractivity contribution in [3.8, 4) is 5.75 Å². The Morgan fingerprint density at radius 3 is 2.70 bits per heavy atom. The van der Waals surface area contributed by atoms with Gasteiger partial charge in [-0.2, -0.15) is 0 Å². The van der Waals surface area contributed by atoms with Crippen LogP contribution in [0.1, 0.15) is 28.5 Å². The van der Waals surface area contributed by atoms with Gasteiger partial charge >= 0.3 is 0 Å². The van der Waals surface area contributed by atoms with Crippen LogP contribution in [-0.4, -0.2) is 23.4 Å². The molecule has 30 heavy (non-hydrogen) atoms. The minimum Gasteiger partial charge on any atom is -0.507 e. The van der Waals surface area contributed by atoms with Crippen LogP contribution in [0, 0.1) is 6.92 Å². The molecule has 1 atom stereocenters. The summed E-state index contributed by atoms with van der Waals surface area (Å²) in [6, 6.07) is 15.1. The third-order valence-corrected chi connectivity index (χ3v) is 5.59. The van der Waals surface area contributed by atoms with Crippen molar-refractivity contribution in [3.63, 3.8) is 0 Å². The van der Waals surface area contributed by atoms with Crippen LogP contribution < -0.4 is 9.64 Å². The number of ketones is 1. The number of para-hydroxylation sites is 1. The van der Waals surface area contributed by atoms with E-state index in [2.05, 4.69) is 0 Å². The Labute approximate surface area is 173 Å². The number of rotatable bonds is 3. The van der Waals surface area contributed by atoms with E-state index in [1.165, 1.54) is 11.2 Å². The Morgan fingerprint density at radius 2 is 1.93 bits per heavy atom. The fraction of sp³-hybridized carbons (Fsp3) is 0.167. The SMILES string of the molecule is Cc1ccccc1N1C(=O)C(=O)/C(=C(\O)c2ccc3c(c2)CCO3)C1c1ccco1. The number of Topliss-reactive ketones (excluding diaryl/α,β-unsaturated/α-hetero) is 1. The van der Waals surface area contributed by atoms with Crippen molar-refractivity contribution in [3.05, 3.63) is 88.9 Å². The van der Waals surface area contributed by atoms with Crippen molar-refractivity contribution < 1.29 is 23.8 Å². The number of aliphatic hydroxyl groups is 1. The highest BCUT2D eigenvalue weighted by molar-refractivity contribution is 6.51. The average molecular weight is 401 g/mol. The number of aryl methyl sites for hydroxylation is 1. The molecule has 3 aromatic rings. The summed E-state index contributed by atoms with van der Waals surface area (Å²) >= 11 is 0. The van der Waals surface area contributed by atoms with Crippen molar-refractivity contribution in [2.45, 2.75) is 19.4 Å². The second-order valence-corrected chi connectivity index (χ2v) is 7.39. The van der Waals surface area contributed by atoms with E-state index in [9.17, 15) is 14.7 Å². The molecule has 6 nitrogen and oxygen atoms in total. The summed E-state index contributed by atoms with van der Waals surface area (Å²) in [5.74, 6) is -0.482. The van der Waals surface area contributed by atoms with Gasteiger partial charge in [0.05, 0.1) is 18.4 Å². The maximum absolute atomic E-state index is 13.1. The third-order valence-electron chi connectivity index (χ3n) is 5.59. The minimum atomic E-state index is -0.856. The van der Waals surface area contributed by atoms with Gasteiger partial charge < -0.3 is 14.3 Å². The number of amides is 1. The maximum Gasteiger partial charge on any atom is 0.300 e. The van der Waals surface area contributed by atoms with Gasteiger partial charge in [-0.3, -0.25) is 14.5 Å².